The van der Waals surface area contributed by atoms with Crippen molar-refractivity contribution in [2.24, 2.45) is 0 Å². The van der Waals surface area contributed by atoms with Crippen molar-refractivity contribution < 1.29 is 4.79 Å². The number of fused-ring (bicyclic) bond motifs is 2. The number of carbonyl (C=O) groups excluding carboxylic acids is 1. The zero-order valence-corrected chi connectivity index (χ0v) is 12.2. The number of benzene rings is 1. The largest absolute Gasteiger partial charge is 0.336 e. The predicted molar refractivity (Wildman–Crippen MR) is 77.7 cm³/mol. The summed E-state index contributed by atoms with van der Waals surface area (Å²) in [5.41, 5.74) is 0.918. The number of amides is 1. The summed E-state index contributed by atoms with van der Waals surface area (Å²) in [4.78, 5) is 14.6. The van der Waals surface area contributed by atoms with Crippen molar-refractivity contribution in [3.05, 3.63) is 34.9 Å². The zero-order chi connectivity index (χ0) is 13.4. The highest BCUT2D eigenvalue weighted by Gasteiger charge is 2.42. The Balaban J connectivity index is 1.73. The van der Waals surface area contributed by atoms with Gasteiger partial charge in [-0.15, -0.1) is 11.6 Å². The summed E-state index contributed by atoms with van der Waals surface area (Å²) in [6.45, 7) is 0. The second-order valence-electron chi connectivity index (χ2n) is 5.52. The molecule has 0 radical (unpaired) electrons. The third-order valence-corrected chi connectivity index (χ3v) is 4.99. The van der Waals surface area contributed by atoms with E-state index in [1.165, 1.54) is 0 Å². The molecule has 2 heterocycles. The molecule has 2 bridgehead atoms. The summed E-state index contributed by atoms with van der Waals surface area (Å²) >= 11 is 12.4. The highest BCUT2D eigenvalue weighted by atomic mass is 35.5. The minimum atomic E-state index is 0.198. The molecule has 1 aromatic rings. The fraction of sp³-hybridized carbons (Fsp3) is 0.533. The first kappa shape index (κ1) is 13.3. The molecule has 3 rings (SSSR count). The molecule has 1 amide bonds. The molecule has 2 aliphatic heterocycles. The normalized spacial score (nSPS) is 29.6. The Labute approximate surface area is 123 Å². The van der Waals surface area contributed by atoms with Crippen LogP contribution < -0.4 is 0 Å². The van der Waals surface area contributed by atoms with E-state index in [1.54, 1.807) is 0 Å². The summed E-state index contributed by atoms with van der Waals surface area (Å²) in [5.74, 6) is 0.198. The molecular formula is C15H17Cl2NO. The topological polar surface area (TPSA) is 20.3 Å². The third kappa shape index (κ3) is 2.61. The molecule has 2 unspecified atom stereocenters. The van der Waals surface area contributed by atoms with Crippen LogP contribution in [0.1, 0.15) is 31.2 Å². The van der Waals surface area contributed by atoms with Crippen LogP contribution in [0.4, 0.5) is 0 Å². The predicted octanol–water partition coefficient (Wildman–Crippen LogP) is 3.64. The van der Waals surface area contributed by atoms with Gasteiger partial charge in [-0.25, -0.2) is 0 Å². The lowest BCUT2D eigenvalue weighted by molar-refractivity contribution is -0.134. The lowest BCUT2D eigenvalue weighted by atomic mass is 10.0. The van der Waals surface area contributed by atoms with Crippen LogP contribution >= 0.6 is 23.2 Å². The Bertz CT molecular complexity index is 477. The van der Waals surface area contributed by atoms with Crippen LogP contribution in [0.25, 0.3) is 0 Å². The minimum absolute atomic E-state index is 0.198. The number of hydrogen-bond acceptors (Lipinski definition) is 1. The van der Waals surface area contributed by atoms with Gasteiger partial charge in [-0.2, -0.15) is 0 Å². The molecule has 0 saturated carbocycles. The maximum atomic E-state index is 12.5. The van der Waals surface area contributed by atoms with Crippen LogP contribution in [0.2, 0.25) is 5.02 Å². The average Bonchev–Trinajstić information content (AvgIpc) is 2.65. The van der Waals surface area contributed by atoms with Gasteiger partial charge in [0.05, 0.1) is 6.42 Å². The molecule has 0 aromatic heterocycles. The third-order valence-electron chi connectivity index (χ3n) is 4.26. The Morgan fingerprint density at radius 3 is 2.47 bits per heavy atom. The Morgan fingerprint density at radius 2 is 1.84 bits per heavy atom. The van der Waals surface area contributed by atoms with Crippen LogP contribution in [0.3, 0.4) is 0 Å². The van der Waals surface area contributed by atoms with Gasteiger partial charge in [-0.1, -0.05) is 29.8 Å². The number of carbonyl (C=O) groups is 1. The Kier molecular flexibility index (Phi) is 3.72. The van der Waals surface area contributed by atoms with Gasteiger partial charge in [-0.05, 0) is 37.3 Å². The molecule has 102 valence electrons. The fourth-order valence-electron chi connectivity index (χ4n) is 3.41. The molecule has 0 N–H and O–H groups in total. The standard InChI is InChI=1S/C15H17Cl2NO/c16-11-8-12-5-6-13(9-11)18(12)15(19)7-10-3-1-2-4-14(10)17/h1-4,11-13H,5-9H2. The second-order valence-corrected chi connectivity index (χ2v) is 6.55. The van der Waals surface area contributed by atoms with Crippen molar-refractivity contribution in [2.75, 3.05) is 0 Å². The van der Waals surface area contributed by atoms with E-state index in [1.807, 2.05) is 24.3 Å². The molecule has 2 atom stereocenters. The molecule has 19 heavy (non-hydrogen) atoms. The van der Waals surface area contributed by atoms with E-state index in [9.17, 15) is 4.79 Å². The van der Waals surface area contributed by atoms with Crippen LogP contribution in [0.5, 0.6) is 0 Å². The van der Waals surface area contributed by atoms with Gasteiger partial charge < -0.3 is 4.90 Å². The van der Waals surface area contributed by atoms with Gasteiger partial charge in [0.1, 0.15) is 0 Å². The quantitative estimate of drug-likeness (QED) is 0.763. The van der Waals surface area contributed by atoms with Gasteiger partial charge >= 0.3 is 0 Å². The summed E-state index contributed by atoms with van der Waals surface area (Å²) in [7, 11) is 0. The number of halogens is 2. The van der Waals surface area contributed by atoms with Gasteiger partial charge in [-0.3, -0.25) is 4.79 Å². The van der Waals surface area contributed by atoms with Gasteiger partial charge in [0, 0.05) is 22.5 Å². The fourth-order valence-corrected chi connectivity index (χ4v) is 4.03. The lowest BCUT2D eigenvalue weighted by Crippen LogP contribution is -2.47. The maximum absolute atomic E-state index is 12.5. The van der Waals surface area contributed by atoms with E-state index in [0.29, 0.717) is 23.5 Å². The molecule has 4 heteroatoms. The first-order chi connectivity index (χ1) is 9.15. The van der Waals surface area contributed by atoms with Gasteiger partial charge in [0.15, 0.2) is 0 Å². The number of hydrogen-bond donors (Lipinski definition) is 0. The highest BCUT2D eigenvalue weighted by Crippen LogP contribution is 2.38. The van der Waals surface area contributed by atoms with Crippen molar-refractivity contribution in [2.45, 2.75) is 49.6 Å². The van der Waals surface area contributed by atoms with Gasteiger partial charge in [0.25, 0.3) is 0 Å². The van der Waals surface area contributed by atoms with Crippen LogP contribution in [-0.2, 0) is 11.2 Å². The number of nitrogens with zero attached hydrogens (tertiary/aromatic N) is 1. The average molecular weight is 298 g/mol. The molecule has 2 aliphatic rings. The summed E-state index contributed by atoms with van der Waals surface area (Å²) in [6, 6.07) is 8.26. The first-order valence-electron chi connectivity index (χ1n) is 6.84. The van der Waals surface area contributed by atoms with Crippen LogP contribution in [0, 0.1) is 0 Å². The summed E-state index contributed by atoms with van der Waals surface area (Å²) in [5, 5.41) is 0.914. The lowest BCUT2D eigenvalue weighted by Gasteiger charge is -2.37. The van der Waals surface area contributed by atoms with Crippen molar-refractivity contribution >= 4 is 29.1 Å². The van der Waals surface area contributed by atoms with Crippen molar-refractivity contribution in [1.29, 1.82) is 0 Å². The minimum Gasteiger partial charge on any atom is -0.336 e. The molecule has 2 saturated heterocycles. The van der Waals surface area contributed by atoms with E-state index >= 15 is 0 Å². The highest BCUT2D eigenvalue weighted by molar-refractivity contribution is 6.31. The smallest absolute Gasteiger partial charge is 0.227 e. The molecule has 2 fully saturated rings. The van der Waals surface area contributed by atoms with Crippen LogP contribution in [-0.4, -0.2) is 28.3 Å². The van der Waals surface area contributed by atoms with E-state index in [4.69, 9.17) is 23.2 Å². The SMILES string of the molecule is O=C(Cc1ccccc1Cl)N1C2CCC1CC(Cl)C2. The zero-order valence-electron chi connectivity index (χ0n) is 10.7. The molecule has 0 spiro atoms. The molecule has 0 aliphatic carbocycles. The van der Waals surface area contributed by atoms with Crippen molar-refractivity contribution in [3.8, 4) is 0 Å². The van der Waals surface area contributed by atoms with Crippen molar-refractivity contribution in [1.82, 2.24) is 4.90 Å². The van der Waals surface area contributed by atoms with E-state index in [2.05, 4.69) is 4.90 Å². The van der Waals surface area contributed by atoms with E-state index in [0.717, 1.165) is 31.2 Å². The molecule has 1 aromatic carbocycles. The Hall–Kier alpha value is -0.730. The molecular weight excluding hydrogens is 281 g/mol. The summed E-state index contributed by atoms with van der Waals surface area (Å²) < 4.78 is 0. The Morgan fingerprint density at radius 1 is 1.21 bits per heavy atom. The van der Waals surface area contributed by atoms with Gasteiger partial charge in [0.2, 0.25) is 5.91 Å². The summed E-state index contributed by atoms with van der Waals surface area (Å²) in [6.07, 6.45) is 4.47. The monoisotopic (exact) mass is 297 g/mol. The number of alkyl halides is 1. The maximum Gasteiger partial charge on any atom is 0.227 e. The van der Waals surface area contributed by atoms with E-state index < -0.39 is 0 Å². The second kappa shape index (κ2) is 5.34. The molecule has 2 nitrogen and oxygen atoms in total. The van der Waals surface area contributed by atoms with Crippen molar-refractivity contribution in [3.63, 3.8) is 0 Å². The number of rotatable bonds is 2. The van der Waals surface area contributed by atoms with Crippen LogP contribution in [0.15, 0.2) is 24.3 Å². The first-order valence-corrected chi connectivity index (χ1v) is 7.65. The van der Waals surface area contributed by atoms with E-state index in [-0.39, 0.29) is 11.3 Å². The number of piperidine rings is 1.